The van der Waals surface area contributed by atoms with Crippen LogP contribution in [0.1, 0.15) is 25.0 Å². The monoisotopic (exact) mass is 648 g/mol. The lowest BCUT2D eigenvalue weighted by Gasteiger charge is -2.28. The molecule has 2 heterocycles. The molecule has 6 heteroatoms. The minimum atomic E-state index is -0.423. The van der Waals surface area contributed by atoms with Crippen LogP contribution < -0.4 is 9.47 Å². The third-order valence-corrected chi connectivity index (χ3v) is 9.48. The van der Waals surface area contributed by atoms with Crippen molar-refractivity contribution in [1.82, 2.24) is 0 Å². The van der Waals surface area contributed by atoms with Gasteiger partial charge in [0, 0.05) is 38.1 Å². The predicted octanol–water partition coefficient (Wildman–Crippen LogP) is 9.89. The van der Waals surface area contributed by atoms with Gasteiger partial charge in [-0.1, -0.05) is 74.5 Å². The van der Waals surface area contributed by atoms with Gasteiger partial charge in [0.05, 0.1) is 13.2 Å². The molecule has 244 valence electrons. The van der Waals surface area contributed by atoms with Gasteiger partial charge in [0.1, 0.15) is 47.0 Å². The third-order valence-electron chi connectivity index (χ3n) is 9.48. The van der Waals surface area contributed by atoms with Gasteiger partial charge in [-0.15, -0.1) is 0 Å². The highest BCUT2D eigenvalue weighted by molar-refractivity contribution is 6.07. The SMILES string of the molecule is CC(C)(c1ccc(OCCO)c(-c2ccc3oc4ccccc4c3c2)c1)c1ccc(OCCO)c(-c2ccc3oc4ccccc4c3c2)c1. The van der Waals surface area contributed by atoms with E-state index in [1.807, 2.05) is 60.7 Å². The molecule has 2 aromatic heterocycles. The normalized spacial score (nSPS) is 12.0. The molecule has 0 spiro atoms. The lowest BCUT2D eigenvalue weighted by molar-refractivity contribution is 0.202. The Morgan fingerprint density at radius 3 is 1.37 bits per heavy atom. The summed E-state index contributed by atoms with van der Waals surface area (Å²) in [5, 5.41) is 23.4. The topological polar surface area (TPSA) is 85.2 Å². The van der Waals surface area contributed by atoms with Crippen molar-refractivity contribution in [3.05, 3.63) is 132 Å². The van der Waals surface area contributed by atoms with E-state index in [4.69, 9.17) is 18.3 Å². The highest BCUT2D eigenvalue weighted by Gasteiger charge is 2.27. The zero-order valence-corrected chi connectivity index (χ0v) is 27.4. The molecule has 0 aliphatic rings. The van der Waals surface area contributed by atoms with Crippen LogP contribution in [-0.2, 0) is 5.41 Å². The summed E-state index contributed by atoms with van der Waals surface area (Å²) in [6.07, 6.45) is 0. The Morgan fingerprint density at radius 2 is 0.918 bits per heavy atom. The zero-order valence-electron chi connectivity index (χ0n) is 27.4. The summed E-state index contributed by atoms with van der Waals surface area (Å²) in [5.74, 6) is 1.41. The predicted molar refractivity (Wildman–Crippen MR) is 196 cm³/mol. The van der Waals surface area contributed by atoms with Crippen molar-refractivity contribution in [3.63, 3.8) is 0 Å². The van der Waals surface area contributed by atoms with Crippen molar-refractivity contribution in [2.24, 2.45) is 0 Å². The maximum Gasteiger partial charge on any atom is 0.135 e. The lowest BCUT2D eigenvalue weighted by Crippen LogP contribution is -2.19. The van der Waals surface area contributed by atoms with Crippen LogP contribution in [-0.4, -0.2) is 36.6 Å². The molecule has 2 N–H and O–H groups in total. The second kappa shape index (κ2) is 12.5. The smallest absolute Gasteiger partial charge is 0.135 e. The first kappa shape index (κ1) is 30.8. The van der Waals surface area contributed by atoms with E-state index in [-0.39, 0.29) is 26.4 Å². The number of rotatable bonds is 10. The minimum absolute atomic E-state index is 0.0774. The number of furan rings is 2. The summed E-state index contributed by atoms with van der Waals surface area (Å²) in [7, 11) is 0. The highest BCUT2D eigenvalue weighted by Crippen LogP contribution is 2.43. The van der Waals surface area contributed by atoms with Crippen molar-refractivity contribution in [1.29, 1.82) is 0 Å². The number of fused-ring (bicyclic) bond motifs is 6. The van der Waals surface area contributed by atoms with Gasteiger partial charge in [-0.25, -0.2) is 0 Å². The summed E-state index contributed by atoms with van der Waals surface area (Å²) < 4.78 is 24.3. The Hall–Kier alpha value is -5.56. The Bertz CT molecular complexity index is 2290. The zero-order chi connectivity index (χ0) is 33.5. The summed E-state index contributed by atoms with van der Waals surface area (Å²) in [6, 6.07) is 41.1. The standard InChI is InChI=1S/C43H36O6/c1-43(2,29-13-17-37(46-21-19-44)33(25-29)27-11-15-41-35(23-27)31-7-3-5-9-39(31)48-41)30-14-18-38(47-22-20-45)34(26-30)28-12-16-42-36(24-28)32-8-4-6-10-40(32)49-42/h3-18,23-26,44-45H,19-22H2,1-2H3. The summed E-state index contributed by atoms with van der Waals surface area (Å²) in [4.78, 5) is 0. The average molecular weight is 649 g/mol. The first-order chi connectivity index (χ1) is 23.9. The third kappa shape index (κ3) is 5.49. The van der Waals surface area contributed by atoms with E-state index in [2.05, 4.69) is 74.5 Å². The largest absolute Gasteiger partial charge is 0.491 e. The summed E-state index contributed by atoms with van der Waals surface area (Å²) in [6.45, 7) is 4.67. The van der Waals surface area contributed by atoms with Crippen molar-refractivity contribution in [3.8, 4) is 33.8 Å². The number of hydrogen-bond acceptors (Lipinski definition) is 6. The molecule has 8 aromatic rings. The molecule has 0 unspecified atom stereocenters. The molecular weight excluding hydrogens is 612 g/mol. The number of aliphatic hydroxyl groups excluding tert-OH is 2. The summed E-state index contributed by atoms with van der Waals surface area (Å²) >= 11 is 0. The number of ether oxygens (including phenoxy) is 2. The van der Waals surface area contributed by atoms with Crippen LogP contribution in [0.4, 0.5) is 0 Å². The molecule has 0 saturated heterocycles. The van der Waals surface area contributed by atoms with Crippen LogP contribution in [0.5, 0.6) is 11.5 Å². The first-order valence-corrected chi connectivity index (χ1v) is 16.5. The van der Waals surface area contributed by atoms with Crippen LogP contribution in [0.2, 0.25) is 0 Å². The highest BCUT2D eigenvalue weighted by atomic mass is 16.5. The molecule has 0 amide bonds. The fourth-order valence-corrected chi connectivity index (χ4v) is 6.81. The fraction of sp³-hybridized carbons (Fsp3) is 0.163. The lowest BCUT2D eigenvalue weighted by atomic mass is 9.76. The molecule has 0 aliphatic heterocycles. The van der Waals surface area contributed by atoms with E-state index in [1.165, 1.54) is 0 Å². The van der Waals surface area contributed by atoms with Gasteiger partial charge in [-0.2, -0.15) is 0 Å². The van der Waals surface area contributed by atoms with E-state index >= 15 is 0 Å². The first-order valence-electron chi connectivity index (χ1n) is 16.5. The Morgan fingerprint density at radius 1 is 0.490 bits per heavy atom. The van der Waals surface area contributed by atoms with Gasteiger partial charge < -0.3 is 28.5 Å². The van der Waals surface area contributed by atoms with Crippen molar-refractivity contribution in [2.45, 2.75) is 19.3 Å². The van der Waals surface area contributed by atoms with Crippen LogP contribution >= 0.6 is 0 Å². The second-order valence-electron chi connectivity index (χ2n) is 12.8. The van der Waals surface area contributed by atoms with Gasteiger partial charge in [0.2, 0.25) is 0 Å². The number of para-hydroxylation sites is 2. The second-order valence-corrected chi connectivity index (χ2v) is 12.8. The molecular formula is C43H36O6. The number of aliphatic hydroxyl groups is 2. The summed E-state index contributed by atoms with van der Waals surface area (Å²) in [5.41, 5.74) is 9.01. The van der Waals surface area contributed by atoms with Crippen LogP contribution in [0.25, 0.3) is 66.1 Å². The molecule has 0 bridgehead atoms. The van der Waals surface area contributed by atoms with Crippen molar-refractivity contribution >= 4 is 43.9 Å². The van der Waals surface area contributed by atoms with Crippen molar-refractivity contribution < 1.29 is 28.5 Å². The quantitative estimate of drug-likeness (QED) is 0.154. The molecule has 0 saturated carbocycles. The molecule has 0 fully saturated rings. The van der Waals surface area contributed by atoms with Crippen molar-refractivity contribution in [2.75, 3.05) is 26.4 Å². The molecule has 0 aliphatic carbocycles. The van der Waals surface area contributed by atoms with Gasteiger partial charge in [-0.3, -0.25) is 0 Å². The average Bonchev–Trinajstić information content (AvgIpc) is 3.70. The number of hydrogen-bond donors (Lipinski definition) is 2. The molecule has 0 radical (unpaired) electrons. The molecule has 49 heavy (non-hydrogen) atoms. The molecule has 0 atom stereocenters. The van der Waals surface area contributed by atoms with Gasteiger partial charge in [-0.05, 0) is 82.9 Å². The van der Waals surface area contributed by atoms with E-state index in [0.717, 1.165) is 77.3 Å². The Kier molecular flexibility index (Phi) is 7.83. The number of benzene rings is 6. The maximum absolute atomic E-state index is 9.58. The maximum atomic E-state index is 9.58. The van der Waals surface area contributed by atoms with Gasteiger partial charge in [0.25, 0.3) is 0 Å². The van der Waals surface area contributed by atoms with Gasteiger partial charge in [0.15, 0.2) is 0 Å². The van der Waals surface area contributed by atoms with Crippen LogP contribution in [0.15, 0.2) is 130 Å². The van der Waals surface area contributed by atoms with E-state index in [1.54, 1.807) is 0 Å². The minimum Gasteiger partial charge on any atom is -0.491 e. The van der Waals surface area contributed by atoms with Gasteiger partial charge >= 0.3 is 0 Å². The van der Waals surface area contributed by atoms with E-state index in [0.29, 0.717) is 11.5 Å². The van der Waals surface area contributed by atoms with Crippen LogP contribution in [0.3, 0.4) is 0 Å². The fourth-order valence-electron chi connectivity index (χ4n) is 6.81. The Balaban J connectivity index is 1.24. The van der Waals surface area contributed by atoms with E-state index in [9.17, 15) is 10.2 Å². The Labute approximate surface area is 283 Å². The molecule has 6 aromatic carbocycles. The van der Waals surface area contributed by atoms with E-state index < -0.39 is 5.41 Å². The molecule has 8 rings (SSSR count). The molecule has 6 nitrogen and oxygen atoms in total. The van der Waals surface area contributed by atoms with Crippen LogP contribution in [0, 0.1) is 0 Å².